The fraction of sp³-hybridized carbons (Fsp3) is 0.500. The molecule has 0 aromatic rings. The average Bonchev–Trinajstić information content (AvgIpc) is 2.00. The van der Waals surface area contributed by atoms with Crippen LogP contribution in [-0.2, 0) is 14.4 Å². The predicted octanol–water partition coefficient (Wildman–Crippen LogP) is -2.93. The zero-order chi connectivity index (χ0) is 11.5. The number of carboxylic acids is 3. The van der Waals surface area contributed by atoms with Crippen LogP contribution in [0, 0.1) is 0 Å². The van der Waals surface area contributed by atoms with Crippen molar-refractivity contribution in [1.29, 1.82) is 0 Å². The quantitative estimate of drug-likeness (QED) is 0.324. The van der Waals surface area contributed by atoms with Gasteiger partial charge in [0.15, 0.2) is 6.10 Å². The first-order valence-corrected chi connectivity index (χ1v) is 3.30. The van der Waals surface area contributed by atoms with Gasteiger partial charge in [0.05, 0.1) is 6.42 Å². The van der Waals surface area contributed by atoms with Crippen molar-refractivity contribution in [2.75, 3.05) is 0 Å². The first kappa shape index (κ1) is 17.4. The van der Waals surface area contributed by atoms with Gasteiger partial charge in [0.1, 0.15) is 0 Å². The number of aliphatic hydroxyl groups excluding tert-OH is 1. The molecule has 2 atom stereocenters. The second-order valence-electron chi connectivity index (χ2n) is 2.54. The number of carbonyl (C=O) groups is 3. The van der Waals surface area contributed by atoms with Crippen molar-refractivity contribution in [2.45, 2.75) is 18.1 Å². The maximum absolute atomic E-state index is 10.4. The van der Waals surface area contributed by atoms with Gasteiger partial charge in [0, 0.05) is 0 Å². The summed E-state index contributed by atoms with van der Waals surface area (Å²) in [6, 6.07) is 0. The molecule has 5 N–H and O–H groups in total. The molecule has 9 heteroatoms. The topological polar surface area (TPSA) is 152 Å². The van der Waals surface area contributed by atoms with Crippen LogP contribution < -0.4 is 0 Å². The Morgan fingerprint density at radius 2 is 1.53 bits per heavy atom. The van der Waals surface area contributed by atoms with E-state index in [1.807, 2.05) is 0 Å². The van der Waals surface area contributed by atoms with E-state index in [1.54, 1.807) is 0 Å². The monoisotopic (exact) mass is 248 g/mol. The van der Waals surface area contributed by atoms with Crippen molar-refractivity contribution in [3.63, 3.8) is 0 Å². The van der Waals surface area contributed by atoms with Gasteiger partial charge in [-0.1, -0.05) is 0 Å². The summed E-state index contributed by atoms with van der Waals surface area (Å²) in [5.74, 6) is -5.87. The molecule has 15 heavy (non-hydrogen) atoms. The summed E-state index contributed by atoms with van der Waals surface area (Å²) in [6.07, 6.45) is -4.11. The number of aliphatic hydroxyl groups is 2. The van der Waals surface area contributed by atoms with E-state index in [1.165, 1.54) is 0 Å². The van der Waals surface area contributed by atoms with Crippen molar-refractivity contribution < 1.29 is 39.9 Å². The molecule has 0 radical (unpaired) electrons. The van der Waals surface area contributed by atoms with E-state index in [-0.39, 0.29) is 51.4 Å². The minimum atomic E-state index is -3.22. The Morgan fingerprint density at radius 1 is 1.13 bits per heavy atom. The van der Waals surface area contributed by atoms with Crippen LogP contribution in [0.3, 0.4) is 0 Å². The molecule has 0 aromatic heterocycles. The Labute approximate surface area is 126 Å². The van der Waals surface area contributed by atoms with E-state index < -0.39 is 36.0 Å². The summed E-state index contributed by atoms with van der Waals surface area (Å²) >= 11 is 0. The average molecular weight is 248 g/mol. The van der Waals surface area contributed by atoms with Gasteiger partial charge >= 0.3 is 69.3 Å². The van der Waals surface area contributed by atoms with Crippen molar-refractivity contribution in [3.05, 3.63) is 0 Å². The molecule has 0 aromatic carbocycles. The van der Waals surface area contributed by atoms with Crippen LogP contribution in [0.5, 0.6) is 0 Å². The Morgan fingerprint density at radius 3 is 1.73 bits per heavy atom. The molecule has 0 saturated heterocycles. The Balaban J connectivity index is 0. The second kappa shape index (κ2) is 6.53. The van der Waals surface area contributed by atoms with Crippen molar-refractivity contribution in [3.8, 4) is 0 Å². The number of hydrogen-bond acceptors (Lipinski definition) is 5. The summed E-state index contributed by atoms with van der Waals surface area (Å²) in [6.45, 7) is 0. The van der Waals surface area contributed by atoms with Gasteiger partial charge in [-0.05, 0) is 0 Å². The molecule has 0 saturated carbocycles. The van der Waals surface area contributed by atoms with Crippen LogP contribution in [0.1, 0.15) is 6.42 Å². The molecule has 82 valence electrons. The number of hydrogen-bond donors (Lipinski definition) is 5. The summed E-state index contributed by atoms with van der Waals surface area (Å²) in [7, 11) is 0. The molecular weight excluding hydrogens is 239 g/mol. The van der Waals surface area contributed by atoms with Gasteiger partial charge in [-0.3, -0.25) is 4.79 Å². The van der Waals surface area contributed by atoms with Crippen LogP contribution in [0.2, 0.25) is 0 Å². The normalized spacial score (nSPS) is 15.6. The second-order valence-corrected chi connectivity index (χ2v) is 2.54. The van der Waals surface area contributed by atoms with E-state index in [0.717, 1.165) is 0 Å². The summed E-state index contributed by atoms with van der Waals surface area (Å²) in [5, 5.41) is 42.6. The van der Waals surface area contributed by atoms with Crippen LogP contribution in [0.4, 0.5) is 0 Å². The molecule has 2 unspecified atom stereocenters. The van der Waals surface area contributed by atoms with Crippen molar-refractivity contribution >= 4 is 69.3 Å². The van der Waals surface area contributed by atoms with Crippen LogP contribution in [0.25, 0.3) is 0 Å². The minimum absolute atomic E-state index is 0. The van der Waals surface area contributed by atoms with Gasteiger partial charge < -0.3 is 25.5 Å². The summed E-state index contributed by atoms with van der Waals surface area (Å²) in [5.41, 5.74) is -3.22. The number of carboxylic acid groups (broad SMARTS) is 3. The molecular formula is C6H9KO8. The van der Waals surface area contributed by atoms with Crippen LogP contribution in [0.15, 0.2) is 0 Å². The fourth-order valence-electron chi connectivity index (χ4n) is 0.724. The Bertz CT molecular complexity index is 276. The van der Waals surface area contributed by atoms with Crippen LogP contribution >= 0.6 is 0 Å². The molecule has 0 spiro atoms. The molecule has 0 aliphatic heterocycles. The van der Waals surface area contributed by atoms with Gasteiger partial charge in [-0.2, -0.15) is 0 Å². The first-order chi connectivity index (χ1) is 6.21. The molecule has 0 aliphatic rings. The van der Waals surface area contributed by atoms with Crippen LogP contribution in [-0.4, -0.2) is 107 Å². The predicted molar refractivity (Wildman–Crippen MR) is 45.6 cm³/mol. The third kappa shape index (κ3) is 4.55. The summed E-state index contributed by atoms with van der Waals surface area (Å²) in [4.78, 5) is 30.7. The van der Waals surface area contributed by atoms with Gasteiger partial charge in [0.25, 0.3) is 0 Å². The Hall–Kier alpha value is -0.0336. The zero-order valence-electron chi connectivity index (χ0n) is 6.75. The van der Waals surface area contributed by atoms with Gasteiger partial charge in [-0.25, -0.2) is 9.59 Å². The maximum atomic E-state index is 10.4. The molecule has 8 nitrogen and oxygen atoms in total. The van der Waals surface area contributed by atoms with E-state index in [4.69, 9.17) is 25.5 Å². The van der Waals surface area contributed by atoms with Crippen molar-refractivity contribution in [2.24, 2.45) is 0 Å². The molecule has 0 aliphatic carbocycles. The molecule has 0 fully saturated rings. The summed E-state index contributed by atoms with van der Waals surface area (Å²) < 4.78 is 0. The third-order valence-electron chi connectivity index (χ3n) is 1.48. The zero-order valence-corrected chi connectivity index (χ0v) is 6.75. The first-order valence-electron chi connectivity index (χ1n) is 3.30. The number of rotatable bonds is 5. The molecule has 0 heterocycles. The number of aliphatic carboxylic acids is 3. The standard InChI is InChI=1S/C6H8O8.K.H/c7-2(8)1-6(14,5(12)13)3(9)4(10)11;;/h3,9,14H,1H2,(H,7,8)(H,10,11)(H,12,13);;. The molecule has 0 bridgehead atoms. The SMILES string of the molecule is O=C(O)CC(O)(C(=O)O)C(O)C(=O)O.[KH]. The van der Waals surface area contributed by atoms with Gasteiger partial charge in [-0.15, -0.1) is 0 Å². The molecule has 0 rings (SSSR count). The van der Waals surface area contributed by atoms with E-state index in [2.05, 4.69) is 0 Å². The van der Waals surface area contributed by atoms with Gasteiger partial charge in [0.2, 0.25) is 5.60 Å². The molecule has 0 amide bonds. The third-order valence-corrected chi connectivity index (χ3v) is 1.48. The van der Waals surface area contributed by atoms with E-state index in [9.17, 15) is 14.4 Å². The fourth-order valence-corrected chi connectivity index (χ4v) is 0.724. The van der Waals surface area contributed by atoms with Crippen molar-refractivity contribution in [1.82, 2.24) is 0 Å². The Kier molecular flexibility index (Phi) is 7.56. The van der Waals surface area contributed by atoms with E-state index >= 15 is 0 Å². The van der Waals surface area contributed by atoms with E-state index in [0.29, 0.717) is 0 Å².